The number of aromatic nitrogens is 1. The lowest BCUT2D eigenvalue weighted by atomic mass is 9.68. The van der Waals surface area contributed by atoms with Crippen LogP contribution in [0.15, 0.2) is 279 Å². The summed E-state index contributed by atoms with van der Waals surface area (Å²) in [5, 5.41) is 2.48. The summed E-state index contributed by atoms with van der Waals surface area (Å²) in [4.78, 5) is 2.41. The zero-order valence-corrected chi connectivity index (χ0v) is 38.0. The van der Waals surface area contributed by atoms with E-state index < -0.39 is 5.41 Å². The van der Waals surface area contributed by atoms with Crippen molar-refractivity contribution >= 4 is 38.9 Å². The van der Waals surface area contributed by atoms with E-state index in [0.717, 1.165) is 28.3 Å². The van der Waals surface area contributed by atoms with E-state index in [4.69, 9.17) is 0 Å². The molecule has 1 aromatic heterocycles. The lowest BCUT2D eigenvalue weighted by molar-refractivity contribution is 0.768. The second kappa shape index (κ2) is 16.7. The van der Waals surface area contributed by atoms with Crippen LogP contribution in [0, 0.1) is 0 Å². The van der Waals surface area contributed by atoms with Crippen LogP contribution in [0.3, 0.4) is 0 Å². The van der Waals surface area contributed by atoms with Crippen molar-refractivity contribution in [1.82, 2.24) is 4.57 Å². The quantitative estimate of drug-likeness (QED) is 0.140. The van der Waals surface area contributed by atoms with Gasteiger partial charge in [0.25, 0.3) is 0 Å². The molecule has 0 saturated heterocycles. The molecule has 1 aliphatic carbocycles. The Labute approximate surface area is 403 Å². The van der Waals surface area contributed by atoms with Crippen molar-refractivity contribution < 1.29 is 0 Å². The van der Waals surface area contributed by atoms with Gasteiger partial charge in [0.2, 0.25) is 0 Å². The summed E-state index contributed by atoms with van der Waals surface area (Å²) < 4.78 is 2.42. The monoisotopic (exact) mass is 878 g/mol. The highest BCUT2D eigenvalue weighted by atomic mass is 15.1. The maximum atomic E-state index is 2.42. The van der Waals surface area contributed by atoms with Crippen LogP contribution in [0.2, 0.25) is 0 Å². The molecule has 0 aliphatic heterocycles. The molecule has 1 heterocycles. The van der Waals surface area contributed by atoms with Crippen LogP contribution in [-0.2, 0) is 5.41 Å². The second-order valence-electron chi connectivity index (χ2n) is 18.1. The van der Waals surface area contributed by atoms with Crippen molar-refractivity contribution in [3.05, 3.63) is 301 Å². The molecule has 324 valence electrons. The molecule has 1 aliphatic rings. The maximum Gasteiger partial charge on any atom is 0.0713 e. The van der Waals surface area contributed by atoms with Gasteiger partial charge in [-0.2, -0.15) is 0 Å². The third-order valence-electron chi connectivity index (χ3n) is 14.3. The lowest BCUT2D eigenvalue weighted by Gasteiger charge is -2.34. The average Bonchev–Trinajstić information content (AvgIpc) is 3.92. The fraction of sp³-hybridized carbons (Fsp3) is 0.0149. The molecule has 0 bridgehead atoms. The number of hydrogen-bond donors (Lipinski definition) is 0. The van der Waals surface area contributed by atoms with Gasteiger partial charge in [-0.3, -0.25) is 0 Å². The molecule has 0 fully saturated rings. The third kappa shape index (κ3) is 6.72. The molecule has 0 radical (unpaired) electrons. The highest BCUT2D eigenvalue weighted by Crippen LogP contribution is 2.57. The number of para-hydroxylation sites is 1. The summed E-state index contributed by atoms with van der Waals surface area (Å²) >= 11 is 0. The molecule has 0 unspecified atom stereocenters. The van der Waals surface area contributed by atoms with E-state index in [1.807, 2.05) is 0 Å². The van der Waals surface area contributed by atoms with Gasteiger partial charge in [0.1, 0.15) is 0 Å². The van der Waals surface area contributed by atoms with Crippen LogP contribution in [0.4, 0.5) is 17.1 Å². The molecule has 12 aromatic rings. The van der Waals surface area contributed by atoms with Gasteiger partial charge in [0.15, 0.2) is 0 Å². The number of fused-ring (bicyclic) bond motifs is 6. The maximum absolute atomic E-state index is 2.42. The Morgan fingerprint density at radius 2 is 0.739 bits per heavy atom. The average molecular weight is 879 g/mol. The zero-order valence-electron chi connectivity index (χ0n) is 38.0. The largest absolute Gasteiger partial charge is 0.310 e. The van der Waals surface area contributed by atoms with Crippen LogP contribution in [0.1, 0.15) is 22.3 Å². The van der Waals surface area contributed by atoms with Gasteiger partial charge in [-0.15, -0.1) is 0 Å². The SMILES string of the molecule is c1ccc(-c2ccc(N(c3ccc(-c4ccc5c6ccccc6n(-c6cccc(-c7ccccc7)c6)c5c4)cc3)c3ccc4c(c3)-c3ccccc3C4(c3ccccc3)c3ccccc3)cc2)cc1. The minimum Gasteiger partial charge on any atom is -0.310 e. The lowest BCUT2D eigenvalue weighted by Crippen LogP contribution is -2.28. The van der Waals surface area contributed by atoms with Crippen LogP contribution >= 0.6 is 0 Å². The molecule has 11 aromatic carbocycles. The summed E-state index contributed by atoms with van der Waals surface area (Å²) in [5.74, 6) is 0. The molecule has 2 nitrogen and oxygen atoms in total. The predicted octanol–water partition coefficient (Wildman–Crippen LogP) is 17.6. The minimum absolute atomic E-state index is 0.464. The summed E-state index contributed by atoms with van der Waals surface area (Å²) in [6.07, 6.45) is 0. The van der Waals surface area contributed by atoms with E-state index in [0.29, 0.717) is 0 Å². The normalized spacial score (nSPS) is 12.5. The standard InChI is InChI=1S/C67H46N2/c1-5-18-47(19-6-1)49-32-37-55(38-33-49)68(58-41-43-64-62(46-58)59-28-13-15-30-63(59)67(64,53-23-9-3-10-24-53)54-25-11-4-12-26-54)56-39-34-50(35-40-56)52-36-42-61-60-29-14-16-31-65(60)69(66(61)45-52)57-27-17-22-51(44-57)48-20-7-2-8-21-48/h1-46H. The first-order valence-corrected chi connectivity index (χ1v) is 23.8. The Bertz CT molecular complexity index is 3760. The number of rotatable bonds is 9. The van der Waals surface area contributed by atoms with E-state index in [-0.39, 0.29) is 0 Å². The second-order valence-corrected chi connectivity index (χ2v) is 18.1. The topological polar surface area (TPSA) is 8.17 Å². The van der Waals surface area contributed by atoms with E-state index in [2.05, 4.69) is 289 Å². The predicted molar refractivity (Wildman–Crippen MR) is 289 cm³/mol. The molecule has 69 heavy (non-hydrogen) atoms. The van der Waals surface area contributed by atoms with E-state index in [1.165, 1.54) is 83.0 Å². The third-order valence-corrected chi connectivity index (χ3v) is 14.3. The van der Waals surface area contributed by atoms with Crippen LogP contribution < -0.4 is 4.90 Å². The summed E-state index contributed by atoms with van der Waals surface area (Å²) in [5.41, 5.74) is 21.1. The molecule has 0 N–H and O–H groups in total. The Kier molecular flexibility index (Phi) is 9.77. The Balaban J connectivity index is 0.942. The highest BCUT2D eigenvalue weighted by Gasteiger charge is 2.46. The van der Waals surface area contributed by atoms with Crippen LogP contribution in [0.5, 0.6) is 0 Å². The fourth-order valence-electron chi connectivity index (χ4n) is 11.1. The molecular formula is C67H46N2. The molecular weight excluding hydrogens is 833 g/mol. The summed E-state index contributed by atoms with van der Waals surface area (Å²) in [6, 6.07) is 102. The van der Waals surface area contributed by atoms with Gasteiger partial charge in [-0.1, -0.05) is 218 Å². The molecule has 0 atom stereocenters. The number of anilines is 3. The van der Waals surface area contributed by atoms with Gasteiger partial charge in [0.05, 0.1) is 16.4 Å². The first-order chi connectivity index (χ1) is 34.2. The Hall–Kier alpha value is -8.98. The molecule has 2 heteroatoms. The summed E-state index contributed by atoms with van der Waals surface area (Å²) in [6.45, 7) is 0. The van der Waals surface area contributed by atoms with Gasteiger partial charge < -0.3 is 9.47 Å². The molecule has 0 spiro atoms. The smallest absolute Gasteiger partial charge is 0.0713 e. The van der Waals surface area contributed by atoms with Crippen molar-refractivity contribution in [2.45, 2.75) is 5.41 Å². The Morgan fingerprint density at radius 3 is 1.41 bits per heavy atom. The highest BCUT2D eigenvalue weighted by molar-refractivity contribution is 6.10. The van der Waals surface area contributed by atoms with Gasteiger partial charge in [-0.05, 0) is 127 Å². The van der Waals surface area contributed by atoms with Crippen molar-refractivity contribution in [2.75, 3.05) is 4.90 Å². The van der Waals surface area contributed by atoms with E-state index in [1.54, 1.807) is 0 Å². The molecule has 0 amide bonds. The van der Waals surface area contributed by atoms with Crippen molar-refractivity contribution in [3.63, 3.8) is 0 Å². The first kappa shape index (κ1) is 40.3. The Morgan fingerprint density at radius 1 is 0.275 bits per heavy atom. The molecule has 13 rings (SSSR count). The fourth-order valence-corrected chi connectivity index (χ4v) is 11.1. The number of hydrogen-bond acceptors (Lipinski definition) is 1. The minimum atomic E-state index is -0.464. The van der Waals surface area contributed by atoms with Gasteiger partial charge in [0, 0.05) is 33.5 Å². The van der Waals surface area contributed by atoms with Gasteiger partial charge in [-0.25, -0.2) is 0 Å². The van der Waals surface area contributed by atoms with Crippen molar-refractivity contribution in [3.8, 4) is 50.2 Å². The van der Waals surface area contributed by atoms with E-state index >= 15 is 0 Å². The van der Waals surface area contributed by atoms with Crippen molar-refractivity contribution in [1.29, 1.82) is 0 Å². The van der Waals surface area contributed by atoms with E-state index in [9.17, 15) is 0 Å². The van der Waals surface area contributed by atoms with Crippen LogP contribution in [-0.4, -0.2) is 4.57 Å². The number of benzene rings is 11. The van der Waals surface area contributed by atoms with Gasteiger partial charge >= 0.3 is 0 Å². The summed E-state index contributed by atoms with van der Waals surface area (Å²) in [7, 11) is 0. The van der Waals surface area contributed by atoms with Crippen LogP contribution in [0.25, 0.3) is 72.0 Å². The first-order valence-electron chi connectivity index (χ1n) is 23.8. The van der Waals surface area contributed by atoms with Crippen molar-refractivity contribution in [2.24, 2.45) is 0 Å². The molecule has 0 saturated carbocycles. The number of nitrogens with zero attached hydrogens (tertiary/aromatic N) is 2. The zero-order chi connectivity index (χ0) is 45.7.